The van der Waals surface area contributed by atoms with Crippen molar-refractivity contribution in [1.82, 2.24) is 14.5 Å². The summed E-state index contributed by atoms with van der Waals surface area (Å²) in [5.74, 6) is 0.812. The Kier molecular flexibility index (Phi) is 4.31. The molecule has 0 unspecified atom stereocenters. The molecule has 0 saturated carbocycles. The molecule has 19 heavy (non-hydrogen) atoms. The first-order valence-electron chi connectivity index (χ1n) is 6.02. The van der Waals surface area contributed by atoms with Gasteiger partial charge < -0.3 is 5.32 Å². The van der Waals surface area contributed by atoms with E-state index in [1.165, 1.54) is 0 Å². The van der Waals surface area contributed by atoms with Crippen LogP contribution in [-0.2, 0) is 6.54 Å². The average Bonchev–Trinajstić information content (AvgIpc) is 2.40. The fourth-order valence-corrected chi connectivity index (χ4v) is 2.04. The number of hydrogen-bond acceptors (Lipinski definition) is 4. The van der Waals surface area contributed by atoms with Gasteiger partial charge in [0.1, 0.15) is 10.3 Å². The minimum atomic E-state index is -0.0747. The normalized spacial score (nSPS) is 10.5. The lowest BCUT2D eigenvalue weighted by Gasteiger charge is -2.08. The van der Waals surface area contributed by atoms with Crippen molar-refractivity contribution in [2.75, 3.05) is 11.9 Å². The summed E-state index contributed by atoms with van der Waals surface area (Å²) in [4.78, 5) is 20.4. The number of hydrogen-bond donors (Lipinski definition) is 1. The standard InChI is InChI=1S/C13H15BrN4O/c1-3-15-11-6-10(4-5-16-11)7-18-8-17-9(2)12(14)13(18)19/h4-6,8H,3,7H2,1-2H3,(H,15,16). The van der Waals surface area contributed by atoms with Crippen LogP contribution in [0.5, 0.6) is 0 Å². The maximum Gasteiger partial charge on any atom is 0.268 e. The number of nitrogens with one attached hydrogen (secondary N) is 1. The Bertz CT molecular complexity index is 639. The molecule has 0 radical (unpaired) electrons. The van der Waals surface area contributed by atoms with E-state index in [1.54, 1.807) is 24.0 Å². The van der Waals surface area contributed by atoms with Gasteiger partial charge in [0.05, 0.1) is 18.6 Å². The molecule has 2 aromatic rings. The van der Waals surface area contributed by atoms with Gasteiger partial charge in [0.15, 0.2) is 0 Å². The van der Waals surface area contributed by atoms with Crippen LogP contribution >= 0.6 is 15.9 Å². The highest BCUT2D eigenvalue weighted by Gasteiger charge is 2.06. The van der Waals surface area contributed by atoms with Gasteiger partial charge in [-0.2, -0.15) is 0 Å². The molecule has 1 N–H and O–H groups in total. The van der Waals surface area contributed by atoms with E-state index in [4.69, 9.17) is 0 Å². The molecule has 0 aliphatic heterocycles. The molecule has 0 fully saturated rings. The van der Waals surface area contributed by atoms with Gasteiger partial charge in [-0.3, -0.25) is 9.36 Å². The zero-order valence-corrected chi connectivity index (χ0v) is 12.4. The summed E-state index contributed by atoms with van der Waals surface area (Å²) < 4.78 is 2.08. The van der Waals surface area contributed by atoms with Gasteiger partial charge >= 0.3 is 0 Å². The Morgan fingerprint density at radius 1 is 1.42 bits per heavy atom. The fourth-order valence-electron chi connectivity index (χ4n) is 1.71. The van der Waals surface area contributed by atoms with E-state index in [-0.39, 0.29) is 5.56 Å². The molecule has 2 aromatic heterocycles. The first-order chi connectivity index (χ1) is 9.11. The van der Waals surface area contributed by atoms with Gasteiger partial charge in [0.2, 0.25) is 0 Å². The Balaban J connectivity index is 2.29. The quantitative estimate of drug-likeness (QED) is 0.937. The zero-order valence-electron chi connectivity index (χ0n) is 10.9. The van der Waals surface area contributed by atoms with Crippen molar-refractivity contribution in [3.05, 3.63) is 50.7 Å². The van der Waals surface area contributed by atoms with Crippen molar-refractivity contribution in [2.45, 2.75) is 20.4 Å². The molecule has 0 aliphatic rings. The number of halogens is 1. The molecule has 100 valence electrons. The van der Waals surface area contributed by atoms with Crippen LogP contribution in [-0.4, -0.2) is 21.1 Å². The lowest BCUT2D eigenvalue weighted by atomic mass is 10.2. The van der Waals surface area contributed by atoms with Gasteiger partial charge in [0.25, 0.3) is 5.56 Å². The second-order valence-electron chi connectivity index (χ2n) is 4.16. The number of aryl methyl sites for hydroxylation is 1. The maximum absolute atomic E-state index is 12.0. The Hall–Kier alpha value is -1.69. The predicted molar refractivity (Wildman–Crippen MR) is 78.4 cm³/mol. The Labute approximate surface area is 119 Å². The molecule has 6 heteroatoms. The van der Waals surface area contributed by atoms with Crippen LogP contribution in [0.1, 0.15) is 18.2 Å². The highest BCUT2D eigenvalue weighted by molar-refractivity contribution is 9.10. The van der Waals surface area contributed by atoms with Crippen molar-refractivity contribution in [3.8, 4) is 0 Å². The third-order valence-corrected chi connectivity index (χ3v) is 3.61. The van der Waals surface area contributed by atoms with E-state index in [0.29, 0.717) is 16.7 Å². The maximum atomic E-state index is 12.0. The van der Waals surface area contributed by atoms with Crippen LogP contribution in [0.4, 0.5) is 5.82 Å². The molecule has 0 spiro atoms. The van der Waals surface area contributed by atoms with Crippen LogP contribution < -0.4 is 10.9 Å². The van der Waals surface area contributed by atoms with E-state index in [9.17, 15) is 4.79 Å². The second kappa shape index (κ2) is 5.97. The number of anilines is 1. The topological polar surface area (TPSA) is 59.8 Å². The number of aromatic nitrogens is 3. The van der Waals surface area contributed by atoms with Gasteiger partial charge in [-0.25, -0.2) is 9.97 Å². The molecule has 0 atom stereocenters. The third kappa shape index (κ3) is 3.20. The molecule has 0 aliphatic carbocycles. The molecule has 0 aromatic carbocycles. The number of rotatable bonds is 4. The van der Waals surface area contributed by atoms with Gasteiger partial charge in [0, 0.05) is 12.7 Å². The highest BCUT2D eigenvalue weighted by atomic mass is 79.9. The summed E-state index contributed by atoms with van der Waals surface area (Å²) in [5, 5.41) is 3.15. The summed E-state index contributed by atoms with van der Waals surface area (Å²) in [5.41, 5.74) is 1.63. The molecular weight excluding hydrogens is 308 g/mol. The monoisotopic (exact) mass is 322 g/mol. The first-order valence-corrected chi connectivity index (χ1v) is 6.81. The van der Waals surface area contributed by atoms with Crippen molar-refractivity contribution in [3.63, 3.8) is 0 Å². The average molecular weight is 323 g/mol. The van der Waals surface area contributed by atoms with E-state index >= 15 is 0 Å². The third-order valence-electron chi connectivity index (χ3n) is 2.69. The number of nitrogens with zero attached hydrogens (tertiary/aromatic N) is 3. The largest absolute Gasteiger partial charge is 0.370 e. The molecule has 5 nitrogen and oxygen atoms in total. The van der Waals surface area contributed by atoms with Gasteiger partial charge in [-0.1, -0.05) is 0 Å². The highest BCUT2D eigenvalue weighted by Crippen LogP contribution is 2.10. The smallest absolute Gasteiger partial charge is 0.268 e. The molecular formula is C13H15BrN4O. The second-order valence-corrected chi connectivity index (χ2v) is 4.95. The van der Waals surface area contributed by atoms with Crippen molar-refractivity contribution in [2.24, 2.45) is 0 Å². The molecule has 2 heterocycles. The summed E-state index contributed by atoms with van der Waals surface area (Å²) >= 11 is 3.26. The van der Waals surface area contributed by atoms with E-state index in [1.807, 2.05) is 19.1 Å². The van der Waals surface area contributed by atoms with E-state index < -0.39 is 0 Å². The Morgan fingerprint density at radius 2 is 2.21 bits per heavy atom. The van der Waals surface area contributed by atoms with Crippen molar-refractivity contribution in [1.29, 1.82) is 0 Å². The lowest BCUT2D eigenvalue weighted by Crippen LogP contribution is -2.22. The summed E-state index contributed by atoms with van der Waals surface area (Å²) in [6.45, 7) is 5.10. The van der Waals surface area contributed by atoms with E-state index in [2.05, 4.69) is 31.2 Å². The minimum absolute atomic E-state index is 0.0747. The van der Waals surface area contributed by atoms with Crippen molar-refractivity contribution < 1.29 is 0 Å². The minimum Gasteiger partial charge on any atom is -0.370 e. The molecule has 0 saturated heterocycles. The van der Waals surface area contributed by atoms with Crippen LogP contribution in [0.3, 0.4) is 0 Å². The van der Waals surface area contributed by atoms with Crippen LogP contribution in [0, 0.1) is 6.92 Å². The summed E-state index contributed by atoms with van der Waals surface area (Å²) in [6, 6.07) is 3.82. The summed E-state index contributed by atoms with van der Waals surface area (Å²) in [6.07, 6.45) is 3.30. The SMILES string of the molecule is CCNc1cc(Cn2cnc(C)c(Br)c2=O)ccn1. The van der Waals surface area contributed by atoms with Crippen LogP contribution in [0.25, 0.3) is 0 Å². The molecule has 2 rings (SSSR count). The molecule has 0 amide bonds. The van der Waals surface area contributed by atoms with Gasteiger partial charge in [-0.05, 0) is 47.5 Å². The first kappa shape index (κ1) is 13.7. The van der Waals surface area contributed by atoms with E-state index in [0.717, 1.165) is 17.9 Å². The van der Waals surface area contributed by atoms with Crippen LogP contribution in [0.2, 0.25) is 0 Å². The Morgan fingerprint density at radius 3 is 2.95 bits per heavy atom. The zero-order chi connectivity index (χ0) is 13.8. The predicted octanol–water partition coefficient (Wildman–Crippen LogP) is 2.19. The van der Waals surface area contributed by atoms with Crippen LogP contribution in [0.15, 0.2) is 33.9 Å². The van der Waals surface area contributed by atoms with Gasteiger partial charge in [-0.15, -0.1) is 0 Å². The van der Waals surface area contributed by atoms with Crippen molar-refractivity contribution >= 4 is 21.7 Å². The molecule has 0 bridgehead atoms. The summed E-state index contributed by atoms with van der Waals surface area (Å²) in [7, 11) is 0. The fraction of sp³-hybridized carbons (Fsp3) is 0.308. The lowest BCUT2D eigenvalue weighted by molar-refractivity contribution is 0.723. The number of pyridine rings is 1.